The molecule has 1 aliphatic heterocycles. The monoisotopic (exact) mass is 363 g/mol. The number of phosphoric acid groups is 1. The number of pyridine rings is 1. The van der Waals surface area contributed by atoms with E-state index in [9.17, 15) is 24.5 Å². The number of phosphoric ester groups is 1. The van der Waals surface area contributed by atoms with E-state index in [-0.39, 0.29) is 12.2 Å². The van der Waals surface area contributed by atoms with Gasteiger partial charge >= 0.3 is 5.97 Å². The highest BCUT2D eigenvalue weighted by molar-refractivity contribution is 7.44. The molecule has 0 saturated carbocycles. The fraction of sp³-hybridized carbons (Fsp3) is 0.538. The molecule has 0 amide bonds. The Morgan fingerprint density at radius 3 is 2.79 bits per heavy atom. The summed E-state index contributed by atoms with van der Waals surface area (Å²) in [5.74, 6) is -0.563. The Morgan fingerprint density at radius 2 is 2.17 bits per heavy atom. The van der Waals surface area contributed by atoms with Gasteiger partial charge < -0.3 is 34.0 Å². The standard InChI is InChI=1S/C13H18NO9P/c1-2-21-13(17)8-4-3-5-14(6-8)12-11(16)10(15)9(23-12)7-22-24(18,19)20/h3-6,9-12,15-16H,2,7H2,1H3,(H-,18,19,20)/t9-,10-,11-,12-/m1/s1. The summed E-state index contributed by atoms with van der Waals surface area (Å²) in [5, 5.41) is 20.0. The lowest BCUT2D eigenvalue weighted by molar-refractivity contribution is -0.765. The Bertz CT molecular complexity index is 634. The fourth-order valence-electron chi connectivity index (χ4n) is 2.27. The first-order valence-electron chi connectivity index (χ1n) is 7.11. The van der Waals surface area contributed by atoms with Gasteiger partial charge in [-0.05, 0) is 13.0 Å². The Labute approximate surface area is 137 Å². The molecule has 1 aromatic rings. The lowest BCUT2D eigenvalue weighted by Gasteiger charge is -2.19. The molecule has 1 fully saturated rings. The number of aromatic nitrogens is 1. The van der Waals surface area contributed by atoms with Crippen molar-refractivity contribution in [2.75, 3.05) is 13.2 Å². The van der Waals surface area contributed by atoms with Crippen LogP contribution in [0, 0.1) is 0 Å². The van der Waals surface area contributed by atoms with E-state index in [0.717, 1.165) is 0 Å². The van der Waals surface area contributed by atoms with Gasteiger partial charge in [0.05, 0.1) is 13.2 Å². The van der Waals surface area contributed by atoms with Crippen LogP contribution in [-0.4, -0.2) is 52.6 Å². The van der Waals surface area contributed by atoms with Crippen LogP contribution < -0.4 is 9.46 Å². The van der Waals surface area contributed by atoms with Gasteiger partial charge in [-0.25, -0.2) is 4.79 Å². The van der Waals surface area contributed by atoms with Crippen molar-refractivity contribution in [3.05, 3.63) is 30.1 Å². The third-order valence-electron chi connectivity index (χ3n) is 3.37. The molecule has 0 aromatic carbocycles. The number of aliphatic hydroxyl groups excluding tert-OH is 2. The fourth-order valence-corrected chi connectivity index (χ4v) is 2.60. The average Bonchev–Trinajstić information content (AvgIpc) is 2.81. The highest BCUT2D eigenvalue weighted by atomic mass is 31.2. The van der Waals surface area contributed by atoms with Gasteiger partial charge in [0.2, 0.25) is 0 Å². The summed E-state index contributed by atoms with van der Waals surface area (Å²) in [6.45, 7) is 1.20. The Hall–Kier alpha value is -1.39. The zero-order valence-electron chi connectivity index (χ0n) is 12.7. The molecule has 0 bridgehead atoms. The second-order valence-electron chi connectivity index (χ2n) is 5.07. The van der Waals surface area contributed by atoms with Crippen LogP contribution in [0.1, 0.15) is 23.5 Å². The van der Waals surface area contributed by atoms with Crippen molar-refractivity contribution >= 4 is 13.8 Å². The Kier molecular flexibility index (Phi) is 6.05. The number of hydrogen-bond donors (Lipinski definition) is 3. The summed E-state index contributed by atoms with van der Waals surface area (Å²) in [4.78, 5) is 30.9. The van der Waals surface area contributed by atoms with E-state index < -0.39 is 44.9 Å². The van der Waals surface area contributed by atoms with Crippen molar-refractivity contribution in [1.82, 2.24) is 0 Å². The summed E-state index contributed by atoms with van der Waals surface area (Å²) >= 11 is 0. The van der Waals surface area contributed by atoms with Gasteiger partial charge in [0.25, 0.3) is 14.1 Å². The normalized spacial score (nSPS) is 29.2. The van der Waals surface area contributed by atoms with Crippen molar-refractivity contribution in [2.45, 2.75) is 31.5 Å². The predicted molar refractivity (Wildman–Crippen MR) is 74.3 cm³/mol. The molecule has 2 rings (SSSR count). The van der Waals surface area contributed by atoms with E-state index in [0.29, 0.717) is 0 Å². The number of carbonyl (C=O) groups is 1. The molecule has 1 aliphatic rings. The van der Waals surface area contributed by atoms with Crippen LogP contribution in [0.5, 0.6) is 0 Å². The van der Waals surface area contributed by atoms with Crippen LogP contribution in [0.15, 0.2) is 24.5 Å². The summed E-state index contributed by atoms with van der Waals surface area (Å²) in [7, 11) is -4.98. The highest BCUT2D eigenvalue weighted by Crippen LogP contribution is 2.33. The van der Waals surface area contributed by atoms with Crippen LogP contribution in [-0.2, 0) is 18.6 Å². The van der Waals surface area contributed by atoms with Crippen LogP contribution in [0.2, 0.25) is 0 Å². The Morgan fingerprint density at radius 1 is 1.46 bits per heavy atom. The number of hydrogen-bond acceptors (Lipinski definition) is 8. The maximum atomic E-state index is 11.7. The minimum atomic E-state index is -4.98. The molecule has 0 radical (unpaired) electrons. The quantitative estimate of drug-likeness (QED) is 0.304. The lowest BCUT2D eigenvalue weighted by atomic mass is 10.1. The molecule has 5 atom stereocenters. The molecular formula is C13H18NO9P. The van der Waals surface area contributed by atoms with Crippen LogP contribution in [0.25, 0.3) is 0 Å². The van der Waals surface area contributed by atoms with E-state index >= 15 is 0 Å². The highest BCUT2D eigenvalue weighted by Gasteiger charge is 2.48. The number of nitrogens with zero attached hydrogens (tertiary/aromatic N) is 1. The van der Waals surface area contributed by atoms with Crippen molar-refractivity contribution in [1.29, 1.82) is 0 Å². The smallest absolute Gasteiger partial charge is 0.344 e. The van der Waals surface area contributed by atoms with Crippen LogP contribution in [0.3, 0.4) is 0 Å². The van der Waals surface area contributed by atoms with Crippen molar-refractivity contribution in [3.63, 3.8) is 0 Å². The van der Waals surface area contributed by atoms with Gasteiger partial charge in [0.15, 0.2) is 18.5 Å². The number of rotatable bonds is 6. The molecule has 3 N–H and O–H groups in total. The van der Waals surface area contributed by atoms with Crippen molar-refractivity contribution in [3.8, 4) is 0 Å². The molecule has 11 heteroatoms. The van der Waals surface area contributed by atoms with Gasteiger partial charge in [0, 0.05) is 6.07 Å². The van der Waals surface area contributed by atoms with Gasteiger partial charge in [-0.15, -0.1) is 0 Å². The maximum Gasteiger partial charge on any atom is 0.344 e. The molecule has 1 aromatic heterocycles. The van der Waals surface area contributed by atoms with E-state index in [1.807, 2.05) is 0 Å². The Balaban J connectivity index is 2.13. The largest absolute Gasteiger partial charge is 0.756 e. The molecule has 2 heterocycles. The maximum absolute atomic E-state index is 11.7. The van der Waals surface area contributed by atoms with Crippen LogP contribution >= 0.6 is 7.82 Å². The minimum Gasteiger partial charge on any atom is -0.756 e. The number of carbonyl (C=O) groups excluding carboxylic acids is 1. The third-order valence-corrected chi connectivity index (χ3v) is 3.84. The molecule has 24 heavy (non-hydrogen) atoms. The lowest BCUT2D eigenvalue weighted by Crippen LogP contribution is -2.46. The van der Waals surface area contributed by atoms with E-state index in [2.05, 4.69) is 4.52 Å². The number of ether oxygens (including phenoxy) is 2. The zero-order valence-corrected chi connectivity index (χ0v) is 13.6. The first kappa shape index (κ1) is 18.9. The van der Waals surface area contributed by atoms with Gasteiger partial charge in [-0.1, -0.05) is 0 Å². The average molecular weight is 363 g/mol. The second kappa shape index (κ2) is 7.66. The number of aliphatic hydroxyl groups is 2. The molecule has 0 aliphatic carbocycles. The summed E-state index contributed by atoms with van der Waals surface area (Å²) in [5.41, 5.74) is 0.212. The molecule has 1 saturated heterocycles. The van der Waals surface area contributed by atoms with E-state index in [1.54, 1.807) is 6.92 Å². The molecule has 0 spiro atoms. The predicted octanol–water partition coefficient (Wildman–Crippen LogP) is -1.75. The van der Waals surface area contributed by atoms with E-state index in [1.165, 1.54) is 29.1 Å². The molecule has 10 nitrogen and oxygen atoms in total. The summed E-state index contributed by atoms with van der Waals surface area (Å²) < 4.78 is 26.4. The first-order valence-corrected chi connectivity index (χ1v) is 8.60. The third kappa shape index (κ3) is 4.58. The van der Waals surface area contributed by atoms with Crippen LogP contribution in [0.4, 0.5) is 0 Å². The molecule has 1 unspecified atom stereocenters. The zero-order chi connectivity index (χ0) is 17.9. The second-order valence-corrected chi connectivity index (χ2v) is 6.27. The minimum absolute atomic E-state index is 0.199. The summed E-state index contributed by atoms with van der Waals surface area (Å²) in [6.07, 6.45) is -2.24. The van der Waals surface area contributed by atoms with E-state index in [4.69, 9.17) is 14.4 Å². The number of esters is 1. The molecule has 134 valence electrons. The summed E-state index contributed by atoms with van der Waals surface area (Å²) in [6, 6.07) is 3.03. The first-order chi connectivity index (χ1) is 11.2. The van der Waals surface area contributed by atoms with Gasteiger partial charge in [0.1, 0.15) is 17.8 Å². The SMILES string of the molecule is CCOC(=O)c1ccc[n+]([C@@H]2O[C@H](COP(=O)([O-])O)[C@@H](O)[C@H]2O)c1. The van der Waals surface area contributed by atoms with Gasteiger partial charge in [-0.2, -0.15) is 4.57 Å². The van der Waals surface area contributed by atoms with Crippen molar-refractivity contribution < 1.29 is 47.9 Å². The van der Waals surface area contributed by atoms with Gasteiger partial charge in [-0.3, -0.25) is 4.57 Å². The van der Waals surface area contributed by atoms with Crippen molar-refractivity contribution in [2.24, 2.45) is 0 Å². The topological polar surface area (TPSA) is 149 Å². The molecular weight excluding hydrogens is 345 g/mol.